The predicted octanol–water partition coefficient (Wildman–Crippen LogP) is 0.920. The number of amides is 1. The lowest BCUT2D eigenvalue weighted by molar-refractivity contribution is -0.147. The summed E-state index contributed by atoms with van der Waals surface area (Å²) in [5.74, 6) is 0.320. The summed E-state index contributed by atoms with van der Waals surface area (Å²) in [5, 5.41) is 0. The first kappa shape index (κ1) is 16.0. The molecule has 24 heavy (non-hydrogen) atoms. The van der Waals surface area contributed by atoms with Crippen molar-refractivity contribution in [3.8, 4) is 0 Å². The maximum Gasteiger partial charge on any atom is 0.228 e. The molecule has 4 rings (SSSR count). The fourth-order valence-corrected chi connectivity index (χ4v) is 4.05. The third kappa shape index (κ3) is 3.31. The van der Waals surface area contributed by atoms with Gasteiger partial charge >= 0.3 is 0 Å². The number of piperidine rings is 1. The summed E-state index contributed by atoms with van der Waals surface area (Å²) >= 11 is 0. The van der Waals surface area contributed by atoms with Crippen LogP contribution in [0.1, 0.15) is 18.4 Å². The van der Waals surface area contributed by atoms with E-state index in [9.17, 15) is 4.79 Å². The molecule has 4 heterocycles. The van der Waals surface area contributed by atoms with Crippen molar-refractivity contribution in [3.63, 3.8) is 0 Å². The van der Waals surface area contributed by atoms with Crippen molar-refractivity contribution >= 4 is 5.91 Å². The predicted molar refractivity (Wildman–Crippen MR) is 88.3 cm³/mol. The first-order valence-corrected chi connectivity index (χ1v) is 8.92. The molecule has 3 saturated heterocycles. The Hall–Kier alpha value is -1.50. The van der Waals surface area contributed by atoms with Gasteiger partial charge < -0.3 is 14.4 Å². The van der Waals surface area contributed by atoms with Gasteiger partial charge in [0.2, 0.25) is 5.91 Å². The lowest BCUT2D eigenvalue weighted by atomic mass is 9.96. The summed E-state index contributed by atoms with van der Waals surface area (Å²) in [7, 11) is 0. The molecule has 0 N–H and O–H groups in total. The topological polar surface area (TPSA) is 54.9 Å². The Bertz CT molecular complexity index is 562. The molecule has 0 aromatic carbocycles. The summed E-state index contributed by atoms with van der Waals surface area (Å²) in [4.78, 5) is 21.3. The molecule has 0 bridgehead atoms. The molecule has 1 aromatic heterocycles. The first-order chi connectivity index (χ1) is 11.8. The van der Waals surface area contributed by atoms with Gasteiger partial charge in [-0.3, -0.25) is 14.7 Å². The molecule has 0 saturated carbocycles. The van der Waals surface area contributed by atoms with Gasteiger partial charge in [-0.25, -0.2) is 0 Å². The Morgan fingerprint density at radius 1 is 1.21 bits per heavy atom. The summed E-state index contributed by atoms with van der Waals surface area (Å²) in [6, 6.07) is 4.41. The van der Waals surface area contributed by atoms with Crippen LogP contribution < -0.4 is 0 Å². The summed E-state index contributed by atoms with van der Waals surface area (Å²) in [6.45, 7) is 5.45. The normalized spacial score (nSPS) is 31.0. The number of fused-ring (bicyclic) bond motifs is 1. The van der Waals surface area contributed by atoms with Gasteiger partial charge in [0, 0.05) is 45.2 Å². The zero-order valence-corrected chi connectivity index (χ0v) is 14.0. The van der Waals surface area contributed by atoms with Crippen LogP contribution in [0.3, 0.4) is 0 Å². The average Bonchev–Trinajstić information content (AvgIpc) is 3.17. The minimum atomic E-state index is 0.0553. The molecule has 3 aliphatic rings. The van der Waals surface area contributed by atoms with Crippen molar-refractivity contribution in [2.45, 2.75) is 31.5 Å². The minimum absolute atomic E-state index is 0.0553. The molecule has 0 unspecified atom stereocenters. The van der Waals surface area contributed by atoms with Crippen molar-refractivity contribution in [2.24, 2.45) is 5.92 Å². The van der Waals surface area contributed by atoms with Crippen LogP contribution in [-0.2, 0) is 20.8 Å². The number of morpholine rings is 1. The fraction of sp³-hybridized carbons (Fsp3) is 0.667. The monoisotopic (exact) mass is 331 g/mol. The lowest BCUT2D eigenvalue weighted by Crippen LogP contribution is -2.61. The van der Waals surface area contributed by atoms with E-state index < -0.39 is 0 Å². The van der Waals surface area contributed by atoms with E-state index in [1.807, 2.05) is 17.3 Å². The van der Waals surface area contributed by atoms with Crippen LogP contribution in [0.4, 0.5) is 0 Å². The average molecular weight is 331 g/mol. The highest BCUT2D eigenvalue weighted by Crippen LogP contribution is 2.26. The molecule has 0 aliphatic carbocycles. The second kappa shape index (κ2) is 7.17. The van der Waals surface area contributed by atoms with E-state index in [0.717, 1.165) is 45.6 Å². The minimum Gasteiger partial charge on any atom is -0.381 e. The van der Waals surface area contributed by atoms with Crippen molar-refractivity contribution in [2.75, 3.05) is 39.5 Å². The van der Waals surface area contributed by atoms with Crippen LogP contribution in [0.5, 0.6) is 0 Å². The SMILES string of the molecule is O=C([C@@H]1CCOC1)N1CC[C@@H]2OCCN(Cc3ccncc3)[C@H]2C1. The van der Waals surface area contributed by atoms with Gasteiger partial charge in [-0.1, -0.05) is 0 Å². The second-order valence-electron chi connectivity index (χ2n) is 6.94. The standard InChI is InChI=1S/C18H25N3O3/c22-18(15-4-9-23-13-15)21-7-3-17-16(12-21)20(8-10-24-17)11-14-1-5-19-6-2-14/h1-2,5-6,15-17H,3-4,7-13H2/t15-,16+,17+/m1/s1. The van der Waals surface area contributed by atoms with Gasteiger partial charge in [0.05, 0.1) is 31.3 Å². The summed E-state index contributed by atoms with van der Waals surface area (Å²) in [6.07, 6.45) is 5.70. The molecule has 3 aliphatic heterocycles. The second-order valence-corrected chi connectivity index (χ2v) is 6.94. The van der Waals surface area contributed by atoms with E-state index in [4.69, 9.17) is 9.47 Å². The Kier molecular flexibility index (Phi) is 4.78. The molecule has 0 radical (unpaired) electrons. The fourth-order valence-electron chi connectivity index (χ4n) is 4.05. The quantitative estimate of drug-likeness (QED) is 0.824. The number of hydrogen-bond donors (Lipinski definition) is 0. The van der Waals surface area contributed by atoms with E-state index in [0.29, 0.717) is 13.2 Å². The Morgan fingerprint density at radius 3 is 2.88 bits per heavy atom. The summed E-state index contributed by atoms with van der Waals surface area (Å²) in [5.41, 5.74) is 1.26. The molecular weight excluding hydrogens is 306 g/mol. The number of likely N-dealkylation sites (tertiary alicyclic amines) is 1. The van der Waals surface area contributed by atoms with Crippen LogP contribution >= 0.6 is 0 Å². The molecule has 6 nitrogen and oxygen atoms in total. The largest absolute Gasteiger partial charge is 0.381 e. The van der Waals surface area contributed by atoms with Gasteiger partial charge in [-0.15, -0.1) is 0 Å². The summed E-state index contributed by atoms with van der Waals surface area (Å²) < 4.78 is 11.4. The number of nitrogens with zero attached hydrogens (tertiary/aromatic N) is 3. The molecule has 6 heteroatoms. The number of aromatic nitrogens is 1. The molecule has 3 atom stereocenters. The molecule has 0 spiro atoms. The maximum atomic E-state index is 12.7. The third-order valence-electron chi connectivity index (χ3n) is 5.43. The van der Waals surface area contributed by atoms with Crippen molar-refractivity contribution < 1.29 is 14.3 Å². The van der Waals surface area contributed by atoms with Crippen molar-refractivity contribution in [1.82, 2.24) is 14.8 Å². The van der Waals surface area contributed by atoms with Crippen LogP contribution in [-0.4, -0.2) is 72.3 Å². The van der Waals surface area contributed by atoms with E-state index in [-0.39, 0.29) is 24.0 Å². The molecule has 1 aromatic rings. The highest BCUT2D eigenvalue weighted by Gasteiger charge is 2.40. The van der Waals surface area contributed by atoms with Gasteiger partial charge in [0.15, 0.2) is 0 Å². The molecular formula is C18H25N3O3. The van der Waals surface area contributed by atoms with Crippen LogP contribution in [0.25, 0.3) is 0 Å². The lowest BCUT2D eigenvalue weighted by Gasteiger charge is -2.47. The van der Waals surface area contributed by atoms with Gasteiger partial charge in [-0.2, -0.15) is 0 Å². The molecule has 3 fully saturated rings. The van der Waals surface area contributed by atoms with E-state index in [1.165, 1.54) is 5.56 Å². The zero-order chi connectivity index (χ0) is 16.4. The van der Waals surface area contributed by atoms with Crippen LogP contribution in [0.15, 0.2) is 24.5 Å². The van der Waals surface area contributed by atoms with Gasteiger partial charge in [-0.05, 0) is 30.5 Å². The van der Waals surface area contributed by atoms with E-state index in [1.54, 1.807) is 0 Å². The smallest absolute Gasteiger partial charge is 0.228 e. The number of pyridine rings is 1. The van der Waals surface area contributed by atoms with Gasteiger partial charge in [0.1, 0.15) is 0 Å². The highest BCUT2D eigenvalue weighted by atomic mass is 16.5. The first-order valence-electron chi connectivity index (χ1n) is 8.92. The molecule has 1 amide bonds. The maximum absolute atomic E-state index is 12.7. The van der Waals surface area contributed by atoms with Crippen molar-refractivity contribution in [1.29, 1.82) is 0 Å². The number of carbonyl (C=O) groups is 1. The van der Waals surface area contributed by atoms with E-state index in [2.05, 4.69) is 22.0 Å². The zero-order valence-electron chi connectivity index (χ0n) is 14.0. The number of hydrogen-bond acceptors (Lipinski definition) is 5. The Labute approximate surface area is 142 Å². The highest BCUT2D eigenvalue weighted by molar-refractivity contribution is 5.79. The van der Waals surface area contributed by atoms with E-state index >= 15 is 0 Å². The van der Waals surface area contributed by atoms with Crippen LogP contribution in [0.2, 0.25) is 0 Å². The van der Waals surface area contributed by atoms with Crippen molar-refractivity contribution in [3.05, 3.63) is 30.1 Å². The number of carbonyl (C=O) groups excluding carboxylic acids is 1. The number of ether oxygens (including phenoxy) is 2. The molecule has 130 valence electrons. The van der Waals surface area contributed by atoms with Crippen LogP contribution in [0, 0.1) is 5.92 Å². The third-order valence-corrected chi connectivity index (χ3v) is 5.43. The Balaban J connectivity index is 1.44. The number of rotatable bonds is 3. The Morgan fingerprint density at radius 2 is 2.08 bits per heavy atom. The van der Waals surface area contributed by atoms with Gasteiger partial charge in [0.25, 0.3) is 0 Å².